The second-order valence-electron chi connectivity index (χ2n) is 22.7. The van der Waals surface area contributed by atoms with Gasteiger partial charge >= 0.3 is 0 Å². The van der Waals surface area contributed by atoms with Crippen molar-refractivity contribution in [2.45, 2.75) is 136 Å². The van der Waals surface area contributed by atoms with E-state index in [4.69, 9.17) is 0 Å². The number of anilines is 2. The Morgan fingerprint density at radius 1 is 0.452 bits per heavy atom. The van der Waals surface area contributed by atoms with Crippen LogP contribution in [0.1, 0.15) is 138 Å². The number of rotatable bonds is 5. The summed E-state index contributed by atoms with van der Waals surface area (Å²) in [6, 6.07) is 63.5. The van der Waals surface area contributed by atoms with E-state index in [2.05, 4.69) is 172 Å². The molecule has 0 bridgehead atoms. The van der Waals surface area contributed by atoms with Crippen LogP contribution in [0.4, 0.5) is 11.4 Å². The van der Waals surface area contributed by atoms with Gasteiger partial charge in [0.2, 0.25) is 6.71 Å². The van der Waals surface area contributed by atoms with E-state index < -0.39 is 5.41 Å². The summed E-state index contributed by atoms with van der Waals surface area (Å²) in [7, 11) is 0. The Labute approximate surface area is 435 Å². The molecule has 1 saturated carbocycles. The number of hydrogen-bond acceptors (Lipinski definition) is 2. The van der Waals surface area contributed by atoms with Crippen molar-refractivity contribution in [3.8, 4) is 11.4 Å². The quantitative estimate of drug-likeness (QED) is 0.159. The topological polar surface area (TPSA) is 13.1 Å². The number of aryl methyl sites for hydroxylation is 1. The van der Waals surface area contributed by atoms with Crippen LogP contribution in [-0.2, 0) is 43.9 Å². The summed E-state index contributed by atoms with van der Waals surface area (Å²) >= 11 is 2.05. The van der Waals surface area contributed by atoms with Crippen LogP contribution >= 0.6 is 11.8 Å². The van der Waals surface area contributed by atoms with E-state index in [1.54, 1.807) is 33.6 Å². The smallest absolute Gasteiger partial charge is 0.245 e. The molecule has 1 fully saturated rings. The molecular formula is C68H62BN3S. The fourth-order valence-corrected chi connectivity index (χ4v) is 17.5. The Kier molecular flexibility index (Phi) is 9.90. The first kappa shape index (κ1) is 43.0. The maximum absolute atomic E-state index is 2.84. The van der Waals surface area contributed by atoms with E-state index in [-0.39, 0.29) is 6.71 Å². The molecule has 2 aromatic heterocycles. The van der Waals surface area contributed by atoms with Crippen molar-refractivity contribution in [3.05, 3.63) is 219 Å². The predicted molar refractivity (Wildman–Crippen MR) is 304 cm³/mol. The minimum atomic E-state index is -0.582. The highest BCUT2D eigenvalue weighted by atomic mass is 32.2. The zero-order chi connectivity index (χ0) is 47.8. The molecule has 3 aliphatic heterocycles. The third-order valence-corrected chi connectivity index (χ3v) is 20.3. The highest BCUT2D eigenvalue weighted by Gasteiger charge is 2.52. The van der Waals surface area contributed by atoms with Gasteiger partial charge in [0.05, 0.1) is 10.9 Å². The molecule has 73 heavy (non-hydrogen) atoms. The zero-order valence-electron chi connectivity index (χ0n) is 42.0. The van der Waals surface area contributed by atoms with E-state index in [0.717, 1.165) is 6.42 Å². The number of hydrogen-bond donors (Lipinski definition) is 0. The normalized spacial score (nSPS) is 19.9. The summed E-state index contributed by atoms with van der Waals surface area (Å²) in [4.78, 5) is 5.65. The van der Waals surface area contributed by atoms with Gasteiger partial charge in [-0.3, -0.25) is 0 Å². The average Bonchev–Trinajstić information content (AvgIpc) is 4.01. The molecule has 5 heteroatoms. The lowest BCUT2D eigenvalue weighted by Gasteiger charge is -2.47. The summed E-state index contributed by atoms with van der Waals surface area (Å²) in [5.41, 5.74) is 27.4. The van der Waals surface area contributed by atoms with Crippen molar-refractivity contribution < 1.29 is 0 Å². The van der Waals surface area contributed by atoms with Crippen LogP contribution in [0.25, 0.3) is 22.3 Å². The van der Waals surface area contributed by atoms with Crippen LogP contribution in [0.2, 0.25) is 0 Å². The van der Waals surface area contributed by atoms with E-state index in [1.165, 1.54) is 191 Å². The fourth-order valence-electron chi connectivity index (χ4n) is 16.3. The minimum absolute atomic E-state index is 0.0771. The van der Waals surface area contributed by atoms with Gasteiger partial charge in [-0.2, -0.15) is 0 Å². The summed E-state index contributed by atoms with van der Waals surface area (Å²) in [6.45, 7) is 0.0771. The Hall–Kier alpha value is -6.43. The molecular weight excluding hydrogens is 902 g/mol. The first-order valence-electron chi connectivity index (χ1n) is 28.2. The van der Waals surface area contributed by atoms with Gasteiger partial charge in [0.15, 0.2) is 0 Å². The molecule has 0 radical (unpaired) electrons. The van der Waals surface area contributed by atoms with E-state index in [0.29, 0.717) is 12.0 Å². The van der Waals surface area contributed by atoms with Gasteiger partial charge in [-0.25, -0.2) is 0 Å². The average molecular weight is 964 g/mol. The lowest BCUT2D eigenvalue weighted by atomic mass is 9.30. The summed E-state index contributed by atoms with van der Waals surface area (Å²) < 4.78 is 5.44. The number of para-hydroxylation sites is 2. The van der Waals surface area contributed by atoms with Crippen molar-refractivity contribution in [1.82, 2.24) is 9.13 Å². The molecule has 2 unspecified atom stereocenters. The van der Waals surface area contributed by atoms with Crippen LogP contribution < -0.4 is 21.3 Å². The maximum atomic E-state index is 2.84. The molecule has 2 atom stereocenters. The standard InChI is InChI=1S/C68H62BN3S/c1-4-20-44(21-5-1)68(45-22-6-2-7-23-45)55-40-46(70-59-31-15-10-25-50(59)51-26-11-16-32-60(51)70)36-38-57(55)69-58-39-37-47(71-61-33-17-12-27-52(61)53-28-13-18-34-62(53)71)42-65(58)73-66-43-48(41-56(68)67(66)69)72-63-30-9-3-8-24-49(63)54-29-14-19-35-64(54)72/h1-2,4-7,12,14,17,19-23,27,29,33,35-43,49,63H,3,8-11,13,15-16,18,24-26,28,30-32,34H2. The first-order chi connectivity index (χ1) is 36.2. The fraction of sp³-hybridized carbons (Fsp3) is 0.294. The highest BCUT2D eigenvalue weighted by Crippen LogP contribution is 2.55. The summed E-state index contributed by atoms with van der Waals surface area (Å²) in [6.07, 6.45) is 21.2. The van der Waals surface area contributed by atoms with Gasteiger partial charge in [0.25, 0.3) is 0 Å². The van der Waals surface area contributed by atoms with Gasteiger partial charge in [-0.15, -0.1) is 0 Å². The molecule has 358 valence electrons. The third-order valence-electron chi connectivity index (χ3n) is 19.2. The molecule has 3 nitrogen and oxygen atoms in total. The first-order valence-corrected chi connectivity index (χ1v) is 29.1. The number of fused-ring (bicyclic) bond motifs is 13. The second kappa shape index (κ2) is 16.8. The van der Waals surface area contributed by atoms with E-state index in [9.17, 15) is 0 Å². The summed E-state index contributed by atoms with van der Waals surface area (Å²) in [5, 5.41) is 1.44. The van der Waals surface area contributed by atoms with Gasteiger partial charge in [-0.05, 0) is 183 Å². The predicted octanol–water partition coefficient (Wildman–Crippen LogP) is 14.3. The Morgan fingerprint density at radius 2 is 1.04 bits per heavy atom. The Bertz CT molecular complexity index is 3620. The Balaban J connectivity index is 1.00. The Morgan fingerprint density at radius 3 is 1.79 bits per heavy atom. The van der Waals surface area contributed by atoms with Crippen LogP contribution in [0.5, 0.6) is 0 Å². The molecule has 7 aromatic carbocycles. The largest absolute Gasteiger partial charge is 0.337 e. The number of benzene rings is 7. The van der Waals surface area contributed by atoms with Gasteiger partial charge in [-0.1, -0.05) is 157 Å². The second-order valence-corrected chi connectivity index (χ2v) is 23.8. The third kappa shape index (κ3) is 6.21. The lowest BCUT2D eigenvalue weighted by molar-refractivity contribution is 0.528. The van der Waals surface area contributed by atoms with Crippen LogP contribution in [0, 0.1) is 0 Å². The molecule has 4 aliphatic carbocycles. The van der Waals surface area contributed by atoms with Crippen LogP contribution in [-0.4, -0.2) is 21.9 Å². The summed E-state index contributed by atoms with van der Waals surface area (Å²) in [5.74, 6) is 0.548. The molecule has 0 saturated heterocycles. The SMILES string of the molecule is c1ccc(C2(c3ccccc3)c3cc(-n4c5c(c6c4CCCC6)CCCC5)ccc3B3c4ccc(-n5c6c(c7ccccc75)CCCC6)cc4Sc4cc(N5c6ccccc6C6CCCCCC65)cc2c43)cc1. The van der Waals surface area contributed by atoms with Gasteiger partial charge in [0, 0.05) is 67.0 Å². The molecule has 7 aliphatic rings. The highest BCUT2D eigenvalue weighted by molar-refractivity contribution is 8.00. The lowest BCUT2D eigenvalue weighted by Crippen LogP contribution is -2.64. The van der Waals surface area contributed by atoms with Crippen LogP contribution in [0.3, 0.4) is 0 Å². The number of nitrogens with zero attached hydrogens (tertiary/aromatic N) is 3. The number of aromatic nitrogens is 2. The van der Waals surface area contributed by atoms with Crippen molar-refractivity contribution >= 4 is 57.1 Å². The molecule has 0 N–H and O–H groups in total. The van der Waals surface area contributed by atoms with Gasteiger partial charge < -0.3 is 14.0 Å². The molecule has 5 heterocycles. The monoisotopic (exact) mass is 963 g/mol. The zero-order valence-corrected chi connectivity index (χ0v) is 42.8. The molecule has 16 rings (SSSR count). The van der Waals surface area contributed by atoms with Crippen LogP contribution in [0.15, 0.2) is 168 Å². The minimum Gasteiger partial charge on any atom is -0.337 e. The van der Waals surface area contributed by atoms with E-state index in [1.807, 2.05) is 11.8 Å². The van der Waals surface area contributed by atoms with Crippen molar-refractivity contribution in [3.63, 3.8) is 0 Å². The van der Waals surface area contributed by atoms with Crippen molar-refractivity contribution in [2.75, 3.05) is 4.90 Å². The molecule has 0 amide bonds. The maximum Gasteiger partial charge on any atom is 0.245 e. The van der Waals surface area contributed by atoms with Gasteiger partial charge in [0.1, 0.15) is 0 Å². The van der Waals surface area contributed by atoms with Crippen molar-refractivity contribution in [2.24, 2.45) is 0 Å². The molecule has 0 spiro atoms. The molecule has 9 aromatic rings. The van der Waals surface area contributed by atoms with Crippen molar-refractivity contribution in [1.29, 1.82) is 0 Å². The van der Waals surface area contributed by atoms with E-state index >= 15 is 0 Å².